The van der Waals surface area contributed by atoms with Crippen LogP contribution in [0.4, 0.5) is 0 Å². The van der Waals surface area contributed by atoms with Crippen LogP contribution in [0.3, 0.4) is 0 Å². The standard InChI is InChI=1S/C16H25NO/c1-3-5-9-12-17-16(18)15(4-2)13-14-10-7-6-8-11-14/h6-8,10-11,15H,3-5,9,12-13H2,1-2H3,(H,17,18). The Kier molecular flexibility index (Phi) is 7.16. The van der Waals surface area contributed by atoms with Crippen molar-refractivity contribution in [2.24, 2.45) is 5.92 Å². The number of hydrogen-bond acceptors (Lipinski definition) is 1. The molecule has 0 bridgehead atoms. The fourth-order valence-corrected chi connectivity index (χ4v) is 2.05. The maximum absolute atomic E-state index is 12.0. The number of hydrogen-bond donors (Lipinski definition) is 1. The van der Waals surface area contributed by atoms with Crippen molar-refractivity contribution in [1.29, 1.82) is 0 Å². The van der Waals surface area contributed by atoms with Crippen LogP contribution in [0.15, 0.2) is 30.3 Å². The Morgan fingerprint density at radius 1 is 1.17 bits per heavy atom. The number of carbonyl (C=O) groups excluding carboxylic acids is 1. The van der Waals surface area contributed by atoms with E-state index in [4.69, 9.17) is 0 Å². The molecule has 0 aliphatic carbocycles. The van der Waals surface area contributed by atoms with E-state index >= 15 is 0 Å². The zero-order valence-corrected chi connectivity index (χ0v) is 11.6. The molecule has 0 aliphatic rings. The van der Waals surface area contributed by atoms with Crippen LogP contribution < -0.4 is 5.32 Å². The zero-order valence-electron chi connectivity index (χ0n) is 11.6. The largest absolute Gasteiger partial charge is 0.356 e. The van der Waals surface area contributed by atoms with E-state index in [9.17, 15) is 4.79 Å². The van der Waals surface area contributed by atoms with Gasteiger partial charge in [0.15, 0.2) is 0 Å². The van der Waals surface area contributed by atoms with E-state index in [-0.39, 0.29) is 11.8 Å². The Labute approximate surface area is 111 Å². The van der Waals surface area contributed by atoms with Crippen LogP contribution in [0.25, 0.3) is 0 Å². The van der Waals surface area contributed by atoms with Crippen LogP contribution >= 0.6 is 0 Å². The predicted octanol–water partition coefficient (Wildman–Crippen LogP) is 3.56. The molecule has 1 aromatic carbocycles. The summed E-state index contributed by atoms with van der Waals surface area (Å²) in [7, 11) is 0. The summed E-state index contributed by atoms with van der Waals surface area (Å²) in [6, 6.07) is 10.2. The quantitative estimate of drug-likeness (QED) is 0.699. The fourth-order valence-electron chi connectivity index (χ4n) is 2.05. The SMILES string of the molecule is CCCCCNC(=O)C(CC)Cc1ccccc1. The summed E-state index contributed by atoms with van der Waals surface area (Å²) >= 11 is 0. The van der Waals surface area contributed by atoms with Crippen molar-refractivity contribution >= 4 is 5.91 Å². The summed E-state index contributed by atoms with van der Waals surface area (Å²) in [6.45, 7) is 5.07. The normalized spacial score (nSPS) is 12.1. The Morgan fingerprint density at radius 3 is 2.50 bits per heavy atom. The molecule has 1 amide bonds. The third kappa shape index (κ3) is 5.35. The van der Waals surface area contributed by atoms with Gasteiger partial charge in [0, 0.05) is 12.5 Å². The zero-order chi connectivity index (χ0) is 13.2. The highest BCUT2D eigenvalue weighted by Gasteiger charge is 2.16. The van der Waals surface area contributed by atoms with E-state index in [1.807, 2.05) is 18.2 Å². The number of unbranched alkanes of at least 4 members (excludes halogenated alkanes) is 2. The summed E-state index contributed by atoms with van der Waals surface area (Å²) in [6.07, 6.45) is 5.21. The molecule has 0 heterocycles. The molecular formula is C16H25NO. The van der Waals surface area contributed by atoms with Gasteiger partial charge in [-0.25, -0.2) is 0 Å². The van der Waals surface area contributed by atoms with Gasteiger partial charge < -0.3 is 5.32 Å². The van der Waals surface area contributed by atoms with Gasteiger partial charge in [-0.05, 0) is 24.8 Å². The second-order valence-electron chi connectivity index (χ2n) is 4.79. The Morgan fingerprint density at radius 2 is 1.89 bits per heavy atom. The van der Waals surface area contributed by atoms with Gasteiger partial charge in [0.2, 0.25) is 5.91 Å². The van der Waals surface area contributed by atoms with E-state index in [1.165, 1.54) is 18.4 Å². The molecule has 1 aromatic rings. The minimum atomic E-state index is 0.106. The molecule has 2 nitrogen and oxygen atoms in total. The summed E-state index contributed by atoms with van der Waals surface area (Å²) in [5.41, 5.74) is 1.24. The third-order valence-corrected chi connectivity index (χ3v) is 3.27. The van der Waals surface area contributed by atoms with E-state index in [1.54, 1.807) is 0 Å². The second-order valence-corrected chi connectivity index (χ2v) is 4.79. The van der Waals surface area contributed by atoms with E-state index < -0.39 is 0 Å². The Bertz CT molecular complexity index is 334. The molecular weight excluding hydrogens is 222 g/mol. The molecule has 0 fully saturated rings. The number of carbonyl (C=O) groups is 1. The Balaban J connectivity index is 2.38. The minimum Gasteiger partial charge on any atom is -0.356 e. The molecule has 2 heteroatoms. The summed E-state index contributed by atoms with van der Waals surface area (Å²) in [4.78, 5) is 12.0. The Hall–Kier alpha value is -1.31. The highest BCUT2D eigenvalue weighted by molar-refractivity contribution is 5.78. The summed E-state index contributed by atoms with van der Waals surface area (Å²) in [5, 5.41) is 3.05. The molecule has 0 saturated carbocycles. The van der Waals surface area contributed by atoms with Crippen LogP contribution in [0.5, 0.6) is 0 Å². The van der Waals surface area contributed by atoms with E-state index in [0.717, 1.165) is 25.8 Å². The molecule has 0 aliphatic heterocycles. The van der Waals surface area contributed by atoms with Gasteiger partial charge in [-0.1, -0.05) is 57.0 Å². The predicted molar refractivity (Wildman–Crippen MR) is 76.5 cm³/mol. The average Bonchev–Trinajstić information content (AvgIpc) is 2.42. The lowest BCUT2D eigenvalue weighted by Crippen LogP contribution is -2.32. The van der Waals surface area contributed by atoms with Crippen LogP contribution in [0.1, 0.15) is 45.1 Å². The lowest BCUT2D eigenvalue weighted by Gasteiger charge is -2.15. The number of rotatable bonds is 8. The van der Waals surface area contributed by atoms with Crippen LogP contribution in [0.2, 0.25) is 0 Å². The van der Waals surface area contributed by atoms with Crippen molar-refractivity contribution in [3.05, 3.63) is 35.9 Å². The van der Waals surface area contributed by atoms with Crippen molar-refractivity contribution in [2.75, 3.05) is 6.54 Å². The maximum atomic E-state index is 12.0. The van der Waals surface area contributed by atoms with Gasteiger partial charge in [0.1, 0.15) is 0 Å². The van der Waals surface area contributed by atoms with Crippen molar-refractivity contribution < 1.29 is 4.79 Å². The molecule has 1 N–H and O–H groups in total. The summed E-state index contributed by atoms with van der Waals surface area (Å²) in [5.74, 6) is 0.312. The van der Waals surface area contributed by atoms with Gasteiger partial charge in [-0.2, -0.15) is 0 Å². The fraction of sp³-hybridized carbons (Fsp3) is 0.562. The lowest BCUT2D eigenvalue weighted by atomic mass is 9.96. The molecule has 0 saturated heterocycles. The van der Waals surface area contributed by atoms with Crippen molar-refractivity contribution in [3.63, 3.8) is 0 Å². The second kappa shape index (κ2) is 8.73. The van der Waals surface area contributed by atoms with E-state index in [0.29, 0.717) is 0 Å². The van der Waals surface area contributed by atoms with Gasteiger partial charge in [-0.3, -0.25) is 4.79 Å². The lowest BCUT2D eigenvalue weighted by molar-refractivity contribution is -0.125. The molecule has 0 spiro atoms. The molecule has 1 rings (SSSR count). The highest BCUT2D eigenvalue weighted by atomic mass is 16.1. The highest BCUT2D eigenvalue weighted by Crippen LogP contribution is 2.12. The molecule has 18 heavy (non-hydrogen) atoms. The molecule has 100 valence electrons. The third-order valence-electron chi connectivity index (χ3n) is 3.27. The number of amides is 1. The van der Waals surface area contributed by atoms with Crippen LogP contribution in [0, 0.1) is 5.92 Å². The first-order valence-electron chi connectivity index (χ1n) is 7.09. The van der Waals surface area contributed by atoms with Gasteiger partial charge in [0.25, 0.3) is 0 Å². The molecule has 1 atom stereocenters. The number of nitrogens with one attached hydrogen (secondary N) is 1. The van der Waals surface area contributed by atoms with Crippen LogP contribution in [-0.4, -0.2) is 12.5 Å². The first-order valence-corrected chi connectivity index (χ1v) is 7.09. The van der Waals surface area contributed by atoms with E-state index in [2.05, 4.69) is 31.3 Å². The first kappa shape index (κ1) is 14.7. The van der Waals surface area contributed by atoms with Gasteiger partial charge >= 0.3 is 0 Å². The monoisotopic (exact) mass is 247 g/mol. The van der Waals surface area contributed by atoms with Crippen molar-refractivity contribution in [1.82, 2.24) is 5.32 Å². The topological polar surface area (TPSA) is 29.1 Å². The smallest absolute Gasteiger partial charge is 0.223 e. The molecule has 0 radical (unpaired) electrons. The van der Waals surface area contributed by atoms with Gasteiger partial charge in [0.05, 0.1) is 0 Å². The van der Waals surface area contributed by atoms with Crippen LogP contribution in [-0.2, 0) is 11.2 Å². The summed E-state index contributed by atoms with van der Waals surface area (Å²) < 4.78 is 0. The molecule has 0 aromatic heterocycles. The first-order chi connectivity index (χ1) is 8.77. The maximum Gasteiger partial charge on any atom is 0.223 e. The average molecular weight is 247 g/mol. The number of benzene rings is 1. The van der Waals surface area contributed by atoms with Crippen molar-refractivity contribution in [2.45, 2.75) is 46.0 Å². The minimum absolute atomic E-state index is 0.106. The molecule has 1 unspecified atom stereocenters. The van der Waals surface area contributed by atoms with Gasteiger partial charge in [-0.15, -0.1) is 0 Å². The van der Waals surface area contributed by atoms with Crippen molar-refractivity contribution in [3.8, 4) is 0 Å².